The van der Waals surface area contributed by atoms with E-state index in [4.69, 9.17) is 13.9 Å². The van der Waals surface area contributed by atoms with Crippen molar-refractivity contribution in [2.75, 3.05) is 6.79 Å². The molecular weight excluding hydrogens is 354 g/mol. The van der Waals surface area contributed by atoms with Gasteiger partial charge in [-0.15, -0.1) is 0 Å². The van der Waals surface area contributed by atoms with Crippen LogP contribution in [0, 0.1) is 0 Å². The maximum Gasteiger partial charge on any atom is 0.231 e. The number of benzene rings is 3. The lowest BCUT2D eigenvalue weighted by Crippen LogP contribution is -2.28. The molecule has 1 aliphatic heterocycles. The van der Waals surface area contributed by atoms with Gasteiger partial charge in [-0.05, 0) is 41.5 Å². The number of nitrogens with one attached hydrogen (secondary N) is 1. The van der Waals surface area contributed by atoms with Crippen molar-refractivity contribution in [1.29, 1.82) is 0 Å². The Labute approximate surface area is 161 Å². The maximum absolute atomic E-state index is 12.7. The molecule has 1 N–H and O–H groups in total. The van der Waals surface area contributed by atoms with Crippen molar-refractivity contribution < 1.29 is 18.7 Å². The van der Waals surface area contributed by atoms with E-state index in [9.17, 15) is 4.79 Å². The van der Waals surface area contributed by atoms with Crippen LogP contribution in [-0.4, -0.2) is 12.7 Å². The number of carbonyl (C=O) groups is 1. The number of amides is 1. The van der Waals surface area contributed by atoms with E-state index in [0.29, 0.717) is 5.75 Å². The Hall–Kier alpha value is -3.47. The monoisotopic (exact) mass is 373 g/mol. The summed E-state index contributed by atoms with van der Waals surface area (Å²) in [5.74, 6) is 1.39. The Morgan fingerprint density at radius 1 is 1.07 bits per heavy atom. The molecule has 1 atom stereocenters. The van der Waals surface area contributed by atoms with Crippen molar-refractivity contribution in [2.45, 2.75) is 19.4 Å². The zero-order valence-electron chi connectivity index (χ0n) is 15.4. The first kappa shape index (κ1) is 16.7. The number of ether oxygens (including phenoxy) is 2. The van der Waals surface area contributed by atoms with E-state index in [1.165, 1.54) is 0 Å². The number of hydrogen-bond acceptors (Lipinski definition) is 4. The second-order valence-corrected chi connectivity index (χ2v) is 7.00. The molecule has 5 rings (SSSR count). The summed E-state index contributed by atoms with van der Waals surface area (Å²) in [4.78, 5) is 12.7. The van der Waals surface area contributed by atoms with Crippen molar-refractivity contribution in [3.63, 3.8) is 0 Å². The van der Waals surface area contributed by atoms with Crippen LogP contribution in [0.4, 0.5) is 0 Å². The molecule has 0 saturated heterocycles. The van der Waals surface area contributed by atoms with E-state index in [1.807, 2.05) is 49.4 Å². The summed E-state index contributed by atoms with van der Waals surface area (Å²) in [5, 5.41) is 6.29. The number of fused-ring (bicyclic) bond motifs is 4. The van der Waals surface area contributed by atoms with Crippen LogP contribution in [0.5, 0.6) is 11.5 Å². The van der Waals surface area contributed by atoms with Crippen LogP contribution in [0.3, 0.4) is 0 Å². The standard InChI is InChI=1S/C23H19NO4/c1-14(16-7-8-19-21(10-16)28-13-27-19)24-22(25)11-17-12-26-20-9-6-15-4-2-3-5-18(15)23(17)20/h2-10,12,14H,11,13H2,1H3,(H,24,25). The molecule has 3 aromatic carbocycles. The van der Waals surface area contributed by atoms with Gasteiger partial charge < -0.3 is 19.2 Å². The quantitative estimate of drug-likeness (QED) is 0.562. The fourth-order valence-corrected chi connectivity index (χ4v) is 3.74. The largest absolute Gasteiger partial charge is 0.464 e. The number of rotatable bonds is 4. The van der Waals surface area contributed by atoms with Crippen molar-refractivity contribution >= 4 is 27.6 Å². The molecule has 1 amide bonds. The molecule has 1 unspecified atom stereocenters. The minimum atomic E-state index is -0.142. The molecule has 0 bridgehead atoms. The van der Waals surface area contributed by atoms with Gasteiger partial charge in [-0.2, -0.15) is 0 Å². The third-order valence-electron chi connectivity index (χ3n) is 5.17. The first-order valence-corrected chi connectivity index (χ1v) is 9.26. The molecule has 1 aliphatic rings. The summed E-state index contributed by atoms with van der Waals surface area (Å²) < 4.78 is 16.4. The van der Waals surface area contributed by atoms with Crippen LogP contribution in [0.2, 0.25) is 0 Å². The third-order valence-corrected chi connectivity index (χ3v) is 5.17. The topological polar surface area (TPSA) is 60.7 Å². The molecule has 1 aromatic heterocycles. The van der Waals surface area contributed by atoms with E-state index < -0.39 is 0 Å². The summed E-state index contributed by atoms with van der Waals surface area (Å²) in [6, 6.07) is 17.7. The summed E-state index contributed by atoms with van der Waals surface area (Å²) in [6.07, 6.45) is 1.94. The summed E-state index contributed by atoms with van der Waals surface area (Å²) in [6.45, 7) is 2.19. The predicted octanol–water partition coefficient (Wildman–Crippen LogP) is 4.73. The third kappa shape index (κ3) is 2.85. The first-order chi connectivity index (χ1) is 13.7. The average Bonchev–Trinajstić information content (AvgIpc) is 3.34. The second kappa shape index (κ2) is 6.60. The minimum absolute atomic E-state index is 0.0548. The van der Waals surface area contributed by atoms with Gasteiger partial charge in [0.25, 0.3) is 0 Å². The Morgan fingerprint density at radius 2 is 1.93 bits per heavy atom. The summed E-state index contributed by atoms with van der Waals surface area (Å²) in [7, 11) is 0. The fraction of sp³-hybridized carbons (Fsp3) is 0.174. The fourth-order valence-electron chi connectivity index (χ4n) is 3.74. The Kier molecular flexibility index (Phi) is 3.93. The highest BCUT2D eigenvalue weighted by Crippen LogP contribution is 2.34. The van der Waals surface area contributed by atoms with E-state index >= 15 is 0 Å². The van der Waals surface area contributed by atoms with E-state index in [2.05, 4.69) is 17.4 Å². The highest BCUT2D eigenvalue weighted by Gasteiger charge is 2.18. The molecule has 140 valence electrons. The lowest BCUT2D eigenvalue weighted by atomic mass is 10.0. The van der Waals surface area contributed by atoms with Crippen molar-refractivity contribution in [3.05, 3.63) is 72.0 Å². The minimum Gasteiger partial charge on any atom is -0.464 e. The smallest absolute Gasteiger partial charge is 0.231 e. The lowest BCUT2D eigenvalue weighted by molar-refractivity contribution is -0.121. The molecule has 28 heavy (non-hydrogen) atoms. The van der Waals surface area contributed by atoms with Crippen LogP contribution in [0.15, 0.2) is 65.3 Å². The van der Waals surface area contributed by atoms with Gasteiger partial charge in [0, 0.05) is 10.9 Å². The SMILES string of the molecule is CC(NC(=O)Cc1coc2ccc3ccccc3c12)c1ccc2c(c1)OCO2. The van der Waals surface area contributed by atoms with Crippen molar-refractivity contribution in [2.24, 2.45) is 0 Å². The van der Waals surface area contributed by atoms with Gasteiger partial charge in [-0.25, -0.2) is 0 Å². The van der Waals surface area contributed by atoms with Gasteiger partial charge in [-0.3, -0.25) is 4.79 Å². The normalized spacial score (nSPS) is 13.8. The van der Waals surface area contributed by atoms with E-state index in [-0.39, 0.29) is 25.2 Å². The number of hydrogen-bond donors (Lipinski definition) is 1. The highest BCUT2D eigenvalue weighted by atomic mass is 16.7. The Morgan fingerprint density at radius 3 is 2.86 bits per heavy atom. The van der Waals surface area contributed by atoms with E-state index in [1.54, 1.807) is 6.26 Å². The molecule has 5 nitrogen and oxygen atoms in total. The molecule has 0 aliphatic carbocycles. The molecule has 4 aromatic rings. The van der Waals surface area contributed by atoms with Gasteiger partial charge in [0.05, 0.1) is 18.7 Å². The van der Waals surface area contributed by atoms with Crippen molar-refractivity contribution in [3.8, 4) is 11.5 Å². The Bertz CT molecular complexity index is 1190. The van der Waals surface area contributed by atoms with Crippen LogP contribution < -0.4 is 14.8 Å². The molecule has 0 spiro atoms. The Balaban J connectivity index is 1.38. The zero-order chi connectivity index (χ0) is 19.1. The van der Waals surface area contributed by atoms with Crippen LogP contribution in [-0.2, 0) is 11.2 Å². The maximum atomic E-state index is 12.7. The second-order valence-electron chi connectivity index (χ2n) is 7.00. The van der Waals surface area contributed by atoms with Crippen LogP contribution in [0.1, 0.15) is 24.1 Å². The highest BCUT2D eigenvalue weighted by molar-refractivity contribution is 6.08. The number of carbonyl (C=O) groups excluding carboxylic acids is 1. The molecule has 0 fully saturated rings. The zero-order valence-corrected chi connectivity index (χ0v) is 15.4. The molecular formula is C23H19NO4. The summed E-state index contributed by atoms with van der Waals surface area (Å²) in [5.41, 5.74) is 2.66. The first-order valence-electron chi connectivity index (χ1n) is 9.26. The van der Waals surface area contributed by atoms with Crippen LogP contribution in [0.25, 0.3) is 21.7 Å². The van der Waals surface area contributed by atoms with Gasteiger partial charge >= 0.3 is 0 Å². The van der Waals surface area contributed by atoms with Gasteiger partial charge in [0.1, 0.15) is 5.58 Å². The summed E-state index contributed by atoms with van der Waals surface area (Å²) >= 11 is 0. The lowest BCUT2D eigenvalue weighted by Gasteiger charge is -2.14. The van der Waals surface area contributed by atoms with Crippen molar-refractivity contribution in [1.82, 2.24) is 5.32 Å². The molecule has 0 radical (unpaired) electrons. The van der Waals surface area contributed by atoms with Gasteiger partial charge in [0.2, 0.25) is 12.7 Å². The molecule has 5 heteroatoms. The average molecular weight is 373 g/mol. The number of furan rings is 1. The predicted molar refractivity (Wildman–Crippen MR) is 107 cm³/mol. The van der Waals surface area contributed by atoms with Crippen LogP contribution >= 0.6 is 0 Å². The molecule has 2 heterocycles. The molecule has 0 saturated carbocycles. The van der Waals surface area contributed by atoms with E-state index in [0.717, 1.165) is 38.6 Å². The van der Waals surface area contributed by atoms with Gasteiger partial charge in [0.15, 0.2) is 11.5 Å². The van der Waals surface area contributed by atoms with Gasteiger partial charge in [-0.1, -0.05) is 36.4 Å².